The lowest BCUT2D eigenvalue weighted by atomic mass is 9.82. The van der Waals surface area contributed by atoms with Crippen LogP contribution in [-0.2, 0) is 38.0 Å². The van der Waals surface area contributed by atoms with Gasteiger partial charge >= 0.3 is 11.9 Å². The first-order valence-corrected chi connectivity index (χ1v) is 23.8. The first kappa shape index (κ1) is 59.6. The van der Waals surface area contributed by atoms with Crippen molar-refractivity contribution in [1.29, 1.82) is 0 Å². The van der Waals surface area contributed by atoms with Gasteiger partial charge in [-0.05, 0) is 33.1 Å². The van der Waals surface area contributed by atoms with Crippen LogP contribution in [0.2, 0.25) is 0 Å². The van der Waals surface area contributed by atoms with E-state index in [1.165, 1.54) is 13.2 Å². The molecule has 0 aromatic rings. The Balaban J connectivity index is 1.94. The molecule has 0 aliphatic carbocycles. The molecular weight excluding hydrogens is 899 g/mol. The number of hydrogen-bond donors (Lipinski definition) is 10. The van der Waals surface area contributed by atoms with E-state index in [4.69, 9.17) is 34.2 Å². The molecular formula is C51H79NO17. The van der Waals surface area contributed by atoms with E-state index < -0.39 is 134 Å². The number of hydrogen-bond acceptors (Lipinski definition) is 18. The van der Waals surface area contributed by atoms with Crippen LogP contribution in [0, 0.1) is 17.8 Å². The van der Waals surface area contributed by atoms with E-state index in [0.717, 1.165) is 0 Å². The Bertz CT molecular complexity index is 1770. The molecule has 3 aliphatic heterocycles. The Labute approximate surface area is 406 Å². The van der Waals surface area contributed by atoms with Crippen LogP contribution >= 0.6 is 0 Å². The number of methoxy groups -OCH3 is 1. The van der Waals surface area contributed by atoms with E-state index in [2.05, 4.69) is 6.58 Å². The van der Waals surface area contributed by atoms with Gasteiger partial charge in [-0.2, -0.15) is 0 Å². The second-order valence-corrected chi connectivity index (χ2v) is 18.3. The van der Waals surface area contributed by atoms with Crippen molar-refractivity contribution in [2.75, 3.05) is 13.7 Å². The normalized spacial score (nSPS) is 43.4. The number of carbonyl (C=O) groups excluding carboxylic acids is 2. The number of allylic oxidation sites excluding steroid dienone is 12. The summed E-state index contributed by atoms with van der Waals surface area (Å²) >= 11 is 0. The maximum Gasteiger partial charge on any atom is 0.314 e. The number of aliphatic hydroxyl groups excluding tert-OH is 9. The molecule has 69 heavy (non-hydrogen) atoms. The third-order valence-corrected chi connectivity index (χ3v) is 12.7. The molecule has 0 amide bonds. The maximum absolute atomic E-state index is 13.5. The van der Waals surface area contributed by atoms with Crippen molar-refractivity contribution in [3.05, 3.63) is 97.7 Å². The van der Waals surface area contributed by atoms with Gasteiger partial charge in [0.05, 0.1) is 79.6 Å². The first-order valence-electron chi connectivity index (χ1n) is 23.8. The van der Waals surface area contributed by atoms with E-state index in [9.17, 15) is 55.5 Å². The van der Waals surface area contributed by atoms with Gasteiger partial charge in [0.1, 0.15) is 24.7 Å². The highest BCUT2D eigenvalue weighted by atomic mass is 16.7. The van der Waals surface area contributed by atoms with Gasteiger partial charge in [0, 0.05) is 44.6 Å². The summed E-state index contributed by atoms with van der Waals surface area (Å²) in [4.78, 5) is 26.2. The largest absolute Gasteiger partial charge is 0.462 e. The van der Waals surface area contributed by atoms with Crippen LogP contribution in [0.4, 0.5) is 0 Å². The topological polar surface area (TPSA) is 298 Å². The summed E-state index contributed by atoms with van der Waals surface area (Å²) in [5.74, 6) is -5.32. The van der Waals surface area contributed by atoms with Crippen LogP contribution in [0.5, 0.6) is 0 Å². The lowest BCUT2D eigenvalue weighted by molar-refractivity contribution is -0.317. The average molecular weight is 978 g/mol. The minimum Gasteiger partial charge on any atom is -0.462 e. The van der Waals surface area contributed by atoms with Gasteiger partial charge in [-0.25, -0.2) is 0 Å². The second kappa shape index (κ2) is 30.2. The molecule has 0 aromatic carbocycles. The van der Waals surface area contributed by atoms with Gasteiger partial charge in [0.2, 0.25) is 0 Å². The smallest absolute Gasteiger partial charge is 0.314 e. The zero-order chi connectivity index (χ0) is 51.3. The summed E-state index contributed by atoms with van der Waals surface area (Å²) in [6.45, 7) is 10.2. The molecule has 18 nitrogen and oxygen atoms in total. The van der Waals surface area contributed by atoms with E-state index in [0.29, 0.717) is 0 Å². The van der Waals surface area contributed by atoms with Crippen LogP contribution in [0.3, 0.4) is 0 Å². The van der Waals surface area contributed by atoms with E-state index in [1.54, 1.807) is 63.3 Å². The van der Waals surface area contributed by atoms with Crippen molar-refractivity contribution in [1.82, 2.24) is 0 Å². The lowest BCUT2D eigenvalue weighted by Crippen LogP contribution is -2.61. The van der Waals surface area contributed by atoms with Crippen molar-refractivity contribution in [3.8, 4) is 0 Å². The highest BCUT2D eigenvalue weighted by molar-refractivity contribution is 5.74. The average Bonchev–Trinajstić information content (AvgIpc) is 3.29. The van der Waals surface area contributed by atoms with Crippen molar-refractivity contribution in [2.24, 2.45) is 23.5 Å². The number of cyclic esters (lactones) is 1. The van der Waals surface area contributed by atoms with E-state index in [-0.39, 0.29) is 51.0 Å². The fourth-order valence-corrected chi connectivity index (χ4v) is 8.38. The number of carbonyl (C=O) groups is 2. The molecule has 3 rings (SSSR count). The predicted octanol–water partition coefficient (Wildman–Crippen LogP) is 2.01. The fourth-order valence-electron chi connectivity index (χ4n) is 8.38. The molecule has 0 unspecified atom stereocenters. The minimum absolute atomic E-state index is 0.0745. The number of fused-ring (bicyclic) bond motifs is 2. The Kier molecular flexibility index (Phi) is 26.1. The summed E-state index contributed by atoms with van der Waals surface area (Å²) in [6, 6.07) is -1.12. The summed E-state index contributed by atoms with van der Waals surface area (Å²) in [6.07, 6.45) is 7.27. The first-order chi connectivity index (χ1) is 32.7. The zero-order valence-electron chi connectivity index (χ0n) is 40.5. The number of ether oxygens (including phenoxy) is 6. The molecule has 0 aromatic heterocycles. The number of nitrogens with two attached hydrogens (primary N) is 1. The van der Waals surface area contributed by atoms with Crippen molar-refractivity contribution in [2.45, 2.75) is 177 Å². The van der Waals surface area contributed by atoms with Gasteiger partial charge in [0.15, 0.2) is 12.1 Å². The van der Waals surface area contributed by atoms with Crippen LogP contribution < -0.4 is 5.73 Å². The van der Waals surface area contributed by atoms with Crippen molar-refractivity contribution >= 4 is 11.9 Å². The SMILES string of the molecule is C=CCOC(=O)[C@H]1[C@@H]2C[C@@H](O[C@@H]3O[C@H](C)[C@@H](O)[C@H](N)[C@@H]3O)/C=C/C=C/C=C/C=C/C=C/C=C/C=C\[C@H](C)[C@@H](O)[C@@H](C)[C@H](C)OC(=O)C[C@H](O)C[C@H](O)CC[C@@H](O)[C@H](O)C[C@H](O)C[C@](OC)(C[C@@H]1O)O2. The molecule has 2 fully saturated rings. The third-order valence-electron chi connectivity index (χ3n) is 12.7. The zero-order valence-corrected chi connectivity index (χ0v) is 40.5. The van der Waals surface area contributed by atoms with Gasteiger partial charge in [0.25, 0.3) is 0 Å². The number of esters is 2. The molecule has 18 heteroatoms. The van der Waals surface area contributed by atoms with Gasteiger partial charge in [-0.1, -0.05) is 112 Å². The molecule has 0 radical (unpaired) electrons. The molecule has 11 N–H and O–H groups in total. The Hall–Kier alpha value is -3.70. The van der Waals surface area contributed by atoms with Gasteiger partial charge in [-0.15, -0.1) is 0 Å². The quantitative estimate of drug-likeness (QED) is 0.135. The maximum atomic E-state index is 13.5. The highest BCUT2D eigenvalue weighted by Gasteiger charge is 2.52. The van der Waals surface area contributed by atoms with E-state index >= 15 is 0 Å². The predicted molar refractivity (Wildman–Crippen MR) is 255 cm³/mol. The molecule has 19 atom stereocenters. The molecule has 0 spiro atoms. The molecule has 0 saturated carbocycles. The fraction of sp³-hybridized carbons (Fsp3) is 0.647. The molecule has 390 valence electrons. The monoisotopic (exact) mass is 978 g/mol. The van der Waals surface area contributed by atoms with Gasteiger partial charge < -0.3 is 80.1 Å². The molecule has 2 saturated heterocycles. The Morgan fingerprint density at radius 1 is 0.725 bits per heavy atom. The Morgan fingerprint density at radius 2 is 1.32 bits per heavy atom. The van der Waals surface area contributed by atoms with Crippen molar-refractivity contribution in [3.63, 3.8) is 0 Å². The number of rotatable bonds is 6. The van der Waals surface area contributed by atoms with Crippen LogP contribution in [0.1, 0.15) is 79.1 Å². The Morgan fingerprint density at radius 3 is 1.91 bits per heavy atom. The minimum atomic E-state index is -1.75. The lowest BCUT2D eigenvalue weighted by Gasteiger charge is -2.47. The third kappa shape index (κ3) is 19.8. The van der Waals surface area contributed by atoms with Crippen LogP contribution in [0.15, 0.2) is 97.7 Å². The van der Waals surface area contributed by atoms with E-state index in [1.807, 2.05) is 49.5 Å². The summed E-state index contributed by atoms with van der Waals surface area (Å²) < 4.78 is 35.2. The summed E-state index contributed by atoms with van der Waals surface area (Å²) in [5.41, 5.74) is 6.11. The number of aliphatic hydroxyl groups is 9. The summed E-state index contributed by atoms with van der Waals surface area (Å²) in [7, 11) is 1.28. The molecule has 3 aliphatic rings. The molecule has 2 bridgehead atoms. The standard InChI is InChI=1S/C51H79NO17/c1-7-24-65-49(63)44-41(58)30-51(64-6)29-37(55)26-40(57)39(56)23-22-35(53)25-36(54)27-43(59)66-33(4)32(3)46(60)31(2)20-18-16-14-12-10-8-9-11-13-15-17-19-21-38(28-42(44)69-51)68-50-48(62)45(52)47(61)34(5)67-50/h7-21,31-42,44-48,50,53-58,60-62H,1,22-30,52H2,2-6H3/b9-8+,12-10+,13-11+,16-14+,17-15+,20-18-,21-19+/t31-,32-,33-,34+,35+,36+,37-,38-,39+,40+,41-,42-,44+,45-,46+,47+,48-,50-,51+/m0/s1. The van der Waals surface area contributed by atoms with Crippen LogP contribution in [0.25, 0.3) is 0 Å². The van der Waals surface area contributed by atoms with Crippen molar-refractivity contribution < 1.29 is 84.0 Å². The molecule has 3 heterocycles. The highest BCUT2D eigenvalue weighted by Crippen LogP contribution is 2.40. The second-order valence-electron chi connectivity index (χ2n) is 18.3. The van der Waals surface area contributed by atoms with Crippen LogP contribution in [-0.4, -0.2) is 169 Å². The summed E-state index contributed by atoms with van der Waals surface area (Å²) in [5, 5.41) is 98.2. The van der Waals surface area contributed by atoms with Gasteiger partial charge in [-0.3, -0.25) is 9.59 Å².